The average molecular weight is 270 g/mol. The van der Waals surface area contributed by atoms with E-state index in [4.69, 9.17) is 5.26 Å². The topological polar surface area (TPSA) is 61.2 Å². The fraction of sp³-hybridized carbons (Fsp3) is 0.438. The molecule has 0 N–H and O–H groups in total. The molecule has 20 heavy (non-hydrogen) atoms. The fourth-order valence-corrected chi connectivity index (χ4v) is 2.38. The SMILES string of the molecule is N#Cc1ccc(C(=O)CN2CCCCCCC2=O)cc1. The lowest BCUT2D eigenvalue weighted by Gasteiger charge is -2.24. The van der Waals surface area contributed by atoms with Crippen molar-refractivity contribution < 1.29 is 9.59 Å². The molecule has 0 aromatic heterocycles. The van der Waals surface area contributed by atoms with Crippen LogP contribution in [0.25, 0.3) is 0 Å². The van der Waals surface area contributed by atoms with Crippen molar-refractivity contribution in [2.24, 2.45) is 0 Å². The van der Waals surface area contributed by atoms with E-state index < -0.39 is 0 Å². The first-order valence-corrected chi connectivity index (χ1v) is 7.02. The van der Waals surface area contributed by atoms with Gasteiger partial charge in [-0.2, -0.15) is 5.26 Å². The smallest absolute Gasteiger partial charge is 0.222 e. The number of rotatable bonds is 3. The first-order valence-electron chi connectivity index (χ1n) is 7.02. The second-order valence-corrected chi connectivity index (χ2v) is 5.09. The maximum absolute atomic E-state index is 12.2. The molecule has 104 valence electrons. The van der Waals surface area contributed by atoms with Gasteiger partial charge in [0.05, 0.1) is 18.2 Å². The molecule has 1 aliphatic rings. The van der Waals surface area contributed by atoms with Crippen molar-refractivity contribution in [3.63, 3.8) is 0 Å². The molecule has 0 atom stereocenters. The Hall–Kier alpha value is -2.15. The van der Waals surface area contributed by atoms with Crippen LogP contribution in [-0.4, -0.2) is 29.7 Å². The predicted molar refractivity (Wildman–Crippen MR) is 75.2 cm³/mol. The number of carbonyl (C=O) groups is 2. The van der Waals surface area contributed by atoms with Gasteiger partial charge in [-0.1, -0.05) is 25.0 Å². The van der Waals surface area contributed by atoms with E-state index in [1.54, 1.807) is 29.2 Å². The lowest BCUT2D eigenvalue weighted by atomic mass is 10.1. The number of ketones is 1. The average Bonchev–Trinajstić information content (AvgIpc) is 2.47. The van der Waals surface area contributed by atoms with E-state index in [0.717, 1.165) is 25.7 Å². The Kier molecular flexibility index (Phi) is 4.89. The zero-order valence-corrected chi connectivity index (χ0v) is 11.5. The number of hydrogen-bond donors (Lipinski definition) is 0. The molecule has 0 bridgehead atoms. The summed E-state index contributed by atoms with van der Waals surface area (Å²) >= 11 is 0. The van der Waals surface area contributed by atoms with Crippen LogP contribution in [0, 0.1) is 11.3 Å². The van der Waals surface area contributed by atoms with Crippen LogP contribution < -0.4 is 0 Å². The summed E-state index contributed by atoms with van der Waals surface area (Å²) in [6.07, 6.45) is 4.64. The van der Waals surface area contributed by atoms with E-state index in [9.17, 15) is 9.59 Å². The van der Waals surface area contributed by atoms with Gasteiger partial charge in [0.15, 0.2) is 5.78 Å². The Bertz CT molecular complexity index is 528. The van der Waals surface area contributed by atoms with Crippen LogP contribution in [0.1, 0.15) is 48.0 Å². The molecule has 0 aliphatic carbocycles. The molecule has 1 heterocycles. The van der Waals surface area contributed by atoms with Crippen LogP contribution in [-0.2, 0) is 4.79 Å². The second-order valence-electron chi connectivity index (χ2n) is 5.09. The van der Waals surface area contributed by atoms with Crippen LogP contribution in [0.15, 0.2) is 24.3 Å². The van der Waals surface area contributed by atoms with Gasteiger partial charge in [-0.3, -0.25) is 9.59 Å². The summed E-state index contributed by atoms with van der Waals surface area (Å²) < 4.78 is 0. The van der Waals surface area contributed by atoms with Gasteiger partial charge >= 0.3 is 0 Å². The number of likely N-dealkylation sites (tertiary alicyclic amines) is 1. The lowest BCUT2D eigenvalue weighted by molar-refractivity contribution is -0.131. The first-order chi connectivity index (χ1) is 9.70. The number of amides is 1. The van der Waals surface area contributed by atoms with Crippen molar-refractivity contribution in [2.75, 3.05) is 13.1 Å². The Morgan fingerprint density at radius 3 is 2.55 bits per heavy atom. The first kappa shape index (κ1) is 14.3. The predicted octanol–water partition coefficient (Wildman–Crippen LogP) is 2.53. The number of nitriles is 1. The summed E-state index contributed by atoms with van der Waals surface area (Å²) in [4.78, 5) is 25.8. The van der Waals surface area contributed by atoms with Gasteiger partial charge in [0.2, 0.25) is 5.91 Å². The fourth-order valence-electron chi connectivity index (χ4n) is 2.38. The molecule has 1 aliphatic heterocycles. The highest BCUT2D eigenvalue weighted by atomic mass is 16.2. The zero-order valence-electron chi connectivity index (χ0n) is 11.5. The maximum Gasteiger partial charge on any atom is 0.222 e. The van der Waals surface area contributed by atoms with Crippen LogP contribution in [0.4, 0.5) is 0 Å². The molecule has 0 radical (unpaired) electrons. The highest BCUT2D eigenvalue weighted by Crippen LogP contribution is 2.13. The number of carbonyl (C=O) groups excluding carboxylic acids is 2. The monoisotopic (exact) mass is 270 g/mol. The largest absolute Gasteiger partial charge is 0.335 e. The molecule has 1 aromatic rings. The van der Waals surface area contributed by atoms with E-state index in [0.29, 0.717) is 24.1 Å². The zero-order chi connectivity index (χ0) is 14.4. The standard InChI is InChI=1S/C16H18N2O2/c17-11-13-6-8-14(9-7-13)15(19)12-18-10-4-2-1-3-5-16(18)20/h6-9H,1-5,10,12H2. The normalized spacial score (nSPS) is 16.1. The van der Waals surface area contributed by atoms with Crippen LogP contribution in [0.2, 0.25) is 0 Å². The van der Waals surface area contributed by atoms with Gasteiger partial charge in [0.1, 0.15) is 0 Å². The highest BCUT2D eigenvalue weighted by molar-refractivity contribution is 5.99. The Labute approximate surface area is 119 Å². The number of benzene rings is 1. The van der Waals surface area contributed by atoms with Gasteiger partial charge in [-0.15, -0.1) is 0 Å². The minimum Gasteiger partial charge on any atom is -0.335 e. The molecule has 1 aromatic carbocycles. The summed E-state index contributed by atoms with van der Waals surface area (Å²) in [6.45, 7) is 0.811. The Morgan fingerprint density at radius 1 is 1.15 bits per heavy atom. The van der Waals surface area contributed by atoms with Gasteiger partial charge in [0.25, 0.3) is 0 Å². The molecular weight excluding hydrogens is 252 g/mol. The summed E-state index contributed by atoms with van der Waals surface area (Å²) in [5.74, 6) is 0.00936. The lowest BCUT2D eigenvalue weighted by Crippen LogP contribution is -2.37. The Balaban J connectivity index is 2.01. The summed E-state index contributed by atoms with van der Waals surface area (Å²) in [6, 6.07) is 8.57. The highest BCUT2D eigenvalue weighted by Gasteiger charge is 2.19. The molecule has 0 unspecified atom stereocenters. The third-order valence-corrected chi connectivity index (χ3v) is 3.59. The van der Waals surface area contributed by atoms with Gasteiger partial charge in [-0.05, 0) is 25.0 Å². The minimum atomic E-state index is -0.0663. The number of nitrogens with zero attached hydrogens (tertiary/aromatic N) is 2. The van der Waals surface area contributed by atoms with Crippen LogP contribution in [0.5, 0.6) is 0 Å². The second kappa shape index (κ2) is 6.85. The van der Waals surface area contributed by atoms with E-state index in [2.05, 4.69) is 0 Å². The summed E-state index contributed by atoms with van der Waals surface area (Å²) in [7, 11) is 0. The molecule has 0 saturated carbocycles. The molecule has 4 heteroatoms. The summed E-state index contributed by atoms with van der Waals surface area (Å²) in [5, 5.41) is 8.73. The van der Waals surface area contributed by atoms with Crippen molar-refractivity contribution in [1.29, 1.82) is 5.26 Å². The van der Waals surface area contributed by atoms with E-state index in [1.165, 1.54) is 0 Å². The van der Waals surface area contributed by atoms with Crippen molar-refractivity contribution in [1.82, 2.24) is 4.90 Å². The van der Waals surface area contributed by atoms with E-state index in [-0.39, 0.29) is 18.2 Å². The maximum atomic E-state index is 12.2. The van der Waals surface area contributed by atoms with Crippen LogP contribution in [0.3, 0.4) is 0 Å². The third-order valence-electron chi connectivity index (χ3n) is 3.59. The molecule has 1 amide bonds. The van der Waals surface area contributed by atoms with Crippen molar-refractivity contribution in [2.45, 2.75) is 32.1 Å². The van der Waals surface area contributed by atoms with E-state index in [1.807, 2.05) is 6.07 Å². The number of hydrogen-bond acceptors (Lipinski definition) is 3. The molecular formula is C16H18N2O2. The molecule has 4 nitrogen and oxygen atoms in total. The minimum absolute atomic E-state index is 0.0663. The molecule has 1 saturated heterocycles. The third kappa shape index (κ3) is 3.67. The van der Waals surface area contributed by atoms with Gasteiger partial charge in [0, 0.05) is 18.5 Å². The quantitative estimate of drug-likeness (QED) is 0.793. The van der Waals surface area contributed by atoms with Gasteiger partial charge < -0.3 is 4.90 Å². The molecule has 0 spiro atoms. The van der Waals surface area contributed by atoms with Crippen LogP contribution >= 0.6 is 0 Å². The van der Waals surface area contributed by atoms with Crippen molar-refractivity contribution in [3.05, 3.63) is 35.4 Å². The molecule has 1 fully saturated rings. The van der Waals surface area contributed by atoms with Gasteiger partial charge in [-0.25, -0.2) is 0 Å². The Morgan fingerprint density at radius 2 is 1.85 bits per heavy atom. The summed E-state index contributed by atoms with van der Waals surface area (Å²) in [5.41, 5.74) is 1.09. The number of Topliss-reactive ketones (excluding diaryl/α,β-unsaturated/α-hetero) is 1. The van der Waals surface area contributed by atoms with E-state index >= 15 is 0 Å². The van der Waals surface area contributed by atoms with Crippen molar-refractivity contribution >= 4 is 11.7 Å². The molecule has 2 rings (SSSR count). The van der Waals surface area contributed by atoms with Crippen molar-refractivity contribution in [3.8, 4) is 6.07 Å².